The molecule has 1 aromatic heterocycles. The predicted molar refractivity (Wildman–Crippen MR) is 105 cm³/mol. The Morgan fingerprint density at radius 2 is 1.93 bits per heavy atom. The van der Waals surface area contributed by atoms with Crippen LogP contribution in [0.15, 0.2) is 52.9 Å². The Kier molecular flexibility index (Phi) is 6.32. The fourth-order valence-corrected chi connectivity index (χ4v) is 2.83. The van der Waals surface area contributed by atoms with Crippen LogP contribution < -0.4 is 9.47 Å². The lowest BCUT2D eigenvalue weighted by molar-refractivity contribution is -0.139. The molecule has 2 aromatic carbocycles. The van der Waals surface area contributed by atoms with Crippen molar-refractivity contribution in [3.05, 3.63) is 65.5 Å². The van der Waals surface area contributed by atoms with Crippen molar-refractivity contribution in [3.8, 4) is 23.0 Å². The second-order valence-electron chi connectivity index (χ2n) is 6.29. The summed E-state index contributed by atoms with van der Waals surface area (Å²) >= 11 is 0. The van der Waals surface area contributed by atoms with Crippen LogP contribution in [0.1, 0.15) is 23.9 Å². The first-order valence-corrected chi connectivity index (χ1v) is 9.19. The highest BCUT2D eigenvalue weighted by Gasteiger charge is 2.12. The third-order valence-electron chi connectivity index (χ3n) is 4.28. The molecule has 0 unspecified atom stereocenters. The van der Waals surface area contributed by atoms with Gasteiger partial charge in [-0.15, -0.1) is 0 Å². The molecule has 146 valence electrons. The number of benzene rings is 2. The normalized spacial score (nSPS) is 10.6. The van der Waals surface area contributed by atoms with Gasteiger partial charge >= 0.3 is 5.97 Å². The van der Waals surface area contributed by atoms with Crippen molar-refractivity contribution in [2.24, 2.45) is 0 Å². The van der Waals surface area contributed by atoms with E-state index in [2.05, 4.69) is 4.98 Å². The molecular weight excluding hydrogens is 358 g/mol. The van der Waals surface area contributed by atoms with Gasteiger partial charge in [0.2, 0.25) is 5.89 Å². The number of carboxylic acid groups (broad SMARTS) is 1. The minimum atomic E-state index is -1.000. The Hall–Kier alpha value is -3.28. The fraction of sp³-hybridized carbons (Fsp3) is 0.273. The summed E-state index contributed by atoms with van der Waals surface area (Å²) in [7, 11) is 0. The summed E-state index contributed by atoms with van der Waals surface area (Å²) in [5.41, 5.74) is 2.72. The van der Waals surface area contributed by atoms with Gasteiger partial charge in [0.05, 0.1) is 12.3 Å². The largest absolute Gasteiger partial charge is 0.493 e. The molecule has 0 amide bonds. The lowest BCUT2D eigenvalue weighted by atomic mass is 10.1. The fourth-order valence-electron chi connectivity index (χ4n) is 2.83. The molecule has 0 aliphatic rings. The summed E-state index contributed by atoms with van der Waals surface area (Å²) in [4.78, 5) is 15.2. The second-order valence-corrected chi connectivity index (χ2v) is 6.29. The van der Waals surface area contributed by atoms with Gasteiger partial charge in [0.15, 0.2) is 6.61 Å². The van der Waals surface area contributed by atoms with Crippen LogP contribution in [0.3, 0.4) is 0 Å². The van der Waals surface area contributed by atoms with Gasteiger partial charge in [-0.05, 0) is 49.2 Å². The van der Waals surface area contributed by atoms with Gasteiger partial charge in [0, 0.05) is 12.0 Å². The molecule has 6 nitrogen and oxygen atoms in total. The Morgan fingerprint density at radius 1 is 1.14 bits per heavy atom. The zero-order valence-corrected chi connectivity index (χ0v) is 16.0. The zero-order chi connectivity index (χ0) is 19.9. The Labute approximate surface area is 163 Å². The highest BCUT2D eigenvalue weighted by molar-refractivity contribution is 5.68. The van der Waals surface area contributed by atoms with E-state index in [0.717, 1.165) is 29.0 Å². The molecule has 0 atom stereocenters. The van der Waals surface area contributed by atoms with Crippen molar-refractivity contribution in [2.75, 3.05) is 13.2 Å². The number of nitrogens with zero attached hydrogens (tertiary/aromatic N) is 1. The van der Waals surface area contributed by atoms with Crippen molar-refractivity contribution < 1.29 is 23.8 Å². The Morgan fingerprint density at radius 3 is 2.64 bits per heavy atom. The van der Waals surface area contributed by atoms with Gasteiger partial charge in [0.1, 0.15) is 17.3 Å². The number of hydrogen-bond acceptors (Lipinski definition) is 5. The zero-order valence-electron chi connectivity index (χ0n) is 16.0. The molecule has 0 fully saturated rings. The van der Waals surface area contributed by atoms with Crippen LogP contribution in [0.5, 0.6) is 11.5 Å². The van der Waals surface area contributed by atoms with Gasteiger partial charge in [0.25, 0.3) is 0 Å². The average Bonchev–Trinajstić information content (AvgIpc) is 3.08. The monoisotopic (exact) mass is 381 g/mol. The Bertz CT molecular complexity index is 933. The predicted octanol–water partition coefficient (Wildman–Crippen LogP) is 4.30. The smallest absolute Gasteiger partial charge is 0.341 e. The van der Waals surface area contributed by atoms with Gasteiger partial charge in [-0.3, -0.25) is 0 Å². The molecule has 0 aliphatic heterocycles. The van der Waals surface area contributed by atoms with Crippen LogP contribution in [0, 0.1) is 6.92 Å². The SMILES string of the molecule is CCc1cc(OCCc2nc(-c3ccccc3)oc2C)ccc1OCC(=O)O. The van der Waals surface area contributed by atoms with Crippen LogP contribution in [0.2, 0.25) is 0 Å². The summed E-state index contributed by atoms with van der Waals surface area (Å²) in [6.45, 7) is 3.98. The Balaban J connectivity index is 1.60. The molecule has 0 spiro atoms. The first-order chi connectivity index (χ1) is 13.6. The molecule has 0 saturated heterocycles. The van der Waals surface area contributed by atoms with E-state index in [0.29, 0.717) is 30.4 Å². The minimum absolute atomic E-state index is 0.359. The van der Waals surface area contributed by atoms with Crippen LogP contribution in [0.25, 0.3) is 11.5 Å². The average molecular weight is 381 g/mol. The molecule has 1 N–H and O–H groups in total. The first-order valence-electron chi connectivity index (χ1n) is 9.19. The number of aliphatic carboxylic acids is 1. The number of ether oxygens (including phenoxy) is 2. The van der Waals surface area contributed by atoms with Gasteiger partial charge in [-0.25, -0.2) is 9.78 Å². The molecule has 0 saturated carbocycles. The molecule has 0 radical (unpaired) electrons. The van der Waals surface area contributed by atoms with E-state index in [9.17, 15) is 4.79 Å². The standard InChI is InChI=1S/C22H23NO5/c1-3-16-13-18(9-10-20(16)27-14-21(24)25)26-12-11-19-15(2)28-22(23-19)17-7-5-4-6-8-17/h4-10,13H,3,11-12,14H2,1-2H3,(H,24,25). The van der Waals surface area contributed by atoms with Crippen molar-refractivity contribution >= 4 is 5.97 Å². The highest BCUT2D eigenvalue weighted by Crippen LogP contribution is 2.26. The van der Waals surface area contributed by atoms with E-state index in [1.165, 1.54) is 0 Å². The molecule has 0 aliphatic carbocycles. The van der Waals surface area contributed by atoms with Gasteiger partial charge < -0.3 is 19.0 Å². The number of carbonyl (C=O) groups is 1. The molecule has 3 rings (SSSR count). The summed E-state index contributed by atoms with van der Waals surface area (Å²) in [6, 6.07) is 15.2. The topological polar surface area (TPSA) is 81.8 Å². The molecule has 6 heteroatoms. The van der Waals surface area contributed by atoms with Crippen LogP contribution in [0.4, 0.5) is 0 Å². The third kappa shape index (κ3) is 4.91. The molecule has 1 heterocycles. The molecular formula is C22H23NO5. The van der Waals surface area contributed by atoms with E-state index in [4.69, 9.17) is 19.0 Å². The quantitative estimate of drug-likeness (QED) is 0.595. The summed E-state index contributed by atoms with van der Waals surface area (Å²) in [5.74, 6) is 1.68. The number of aromatic nitrogens is 1. The number of hydrogen-bond donors (Lipinski definition) is 1. The van der Waals surface area contributed by atoms with Crippen molar-refractivity contribution in [2.45, 2.75) is 26.7 Å². The van der Waals surface area contributed by atoms with E-state index in [-0.39, 0.29) is 6.61 Å². The number of aryl methyl sites for hydroxylation is 2. The maximum Gasteiger partial charge on any atom is 0.341 e. The summed E-state index contributed by atoms with van der Waals surface area (Å²) in [6.07, 6.45) is 1.34. The summed E-state index contributed by atoms with van der Waals surface area (Å²) in [5, 5.41) is 8.75. The second kappa shape index (κ2) is 9.08. The molecule has 3 aromatic rings. The number of rotatable bonds is 9. The third-order valence-corrected chi connectivity index (χ3v) is 4.28. The maximum absolute atomic E-state index is 10.7. The highest BCUT2D eigenvalue weighted by atomic mass is 16.5. The van der Waals surface area contributed by atoms with Crippen molar-refractivity contribution in [3.63, 3.8) is 0 Å². The van der Waals surface area contributed by atoms with E-state index < -0.39 is 5.97 Å². The first kappa shape index (κ1) is 19.5. The molecule has 0 bridgehead atoms. The number of oxazole rings is 1. The van der Waals surface area contributed by atoms with Gasteiger partial charge in [-0.2, -0.15) is 0 Å². The van der Waals surface area contributed by atoms with Crippen LogP contribution in [-0.2, 0) is 17.6 Å². The summed E-state index contributed by atoms with van der Waals surface area (Å²) < 4.78 is 16.9. The van der Waals surface area contributed by atoms with E-state index in [1.807, 2.05) is 50.2 Å². The van der Waals surface area contributed by atoms with Crippen LogP contribution in [-0.4, -0.2) is 29.3 Å². The van der Waals surface area contributed by atoms with Crippen molar-refractivity contribution in [1.29, 1.82) is 0 Å². The van der Waals surface area contributed by atoms with Gasteiger partial charge in [-0.1, -0.05) is 25.1 Å². The minimum Gasteiger partial charge on any atom is -0.493 e. The van der Waals surface area contributed by atoms with Crippen molar-refractivity contribution in [1.82, 2.24) is 4.98 Å². The van der Waals surface area contributed by atoms with Crippen LogP contribution >= 0.6 is 0 Å². The lowest BCUT2D eigenvalue weighted by Crippen LogP contribution is -2.10. The number of carboxylic acids is 1. The van der Waals surface area contributed by atoms with E-state index >= 15 is 0 Å². The van der Waals surface area contributed by atoms with E-state index in [1.54, 1.807) is 12.1 Å². The lowest BCUT2D eigenvalue weighted by Gasteiger charge is -2.11. The maximum atomic E-state index is 10.7. The molecule has 28 heavy (non-hydrogen) atoms.